The summed E-state index contributed by atoms with van der Waals surface area (Å²) in [6.45, 7) is 4.41. The Morgan fingerprint density at radius 3 is 2.91 bits per heavy atom. The summed E-state index contributed by atoms with van der Waals surface area (Å²) < 4.78 is 16.3. The van der Waals surface area contributed by atoms with Gasteiger partial charge in [-0.05, 0) is 13.8 Å². The molecule has 0 radical (unpaired) electrons. The Hall–Kier alpha value is -0.380. The molecule has 1 fully saturated rings. The number of hydrogen-bond donors (Lipinski definition) is 0. The smallest absolute Gasteiger partial charge is 0.191 e. The van der Waals surface area contributed by atoms with Crippen molar-refractivity contribution in [2.24, 2.45) is 0 Å². The quantitative estimate of drug-likeness (QED) is 0.491. The topological polar surface area (TPSA) is 27.7 Å². The van der Waals surface area contributed by atoms with Crippen molar-refractivity contribution in [3.8, 4) is 0 Å². The molecule has 0 spiro atoms. The first-order chi connectivity index (χ1) is 5.17. The lowest BCUT2D eigenvalue weighted by Crippen LogP contribution is -2.27. The van der Waals surface area contributed by atoms with E-state index < -0.39 is 5.79 Å². The summed E-state index contributed by atoms with van der Waals surface area (Å²) in [6, 6.07) is 0. The van der Waals surface area contributed by atoms with Crippen molar-refractivity contribution >= 4 is 0 Å². The molecule has 0 N–H and O–H groups in total. The fraction of sp³-hybridized carbons (Fsp3) is 0.750. The van der Waals surface area contributed by atoms with Crippen LogP contribution in [0.5, 0.6) is 0 Å². The molecule has 1 saturated heterocycles. The Balaban J connectivity index is 2.12. The molecule has 2 rings (SSSR count). The lowest BCUT2D eigenvalue weighted by atomic mass is 10.3. The van der Waals surface area contributed by atoms with E-state index in [4.69, 9.17) is 14.2 Å². The molecule has 0 bridgehead atoms. The second-order valence-electron chi connectivity index (χ2n) is 3.23. The van der Waals surface area contributed by atoms with E-state index in [0.29, 0.717) is 6.61 Å². The van der Waals surface area contributed by atoms with E-state index in [0.717, 1.165) is 0 Å². The highest BCUT2D eigenvalue weighted by molar-refractivity contribution is 4.98. The van der Waals surface area contributed by atoms with Crippen molar-refractivity contribution in [1.29, 1.82) is 0 Å². The highest BCUT2D eigenvalue weighted by Crippen LogP contribution is 2.30. The first-order valence-electron chi connectivity index (χ1n) is 3.81. The first-order valence-corrected chi connectivity index (χ1v) is 3.81. The number of hydrogen-bond acceptors (Lipinski definition) is 3. The molecule has 11 heavy (non-hydrogen) atoms. The van der Waals surface area contributed by atoms with E-state index in [1.807, 2.05) is 26.0 Å². The minimum atomic E-state index is -0.496. The average molecular weight is 156 g/mol. The first kappa shape index (κ1) is 7.28. The Bertz CT molecular complexity index is 186. The summed E-state index contributed by atoms with van der Waals surface area (Å²) in [4.78, 5) is 0. The summed E-state index contributed by atoms with van der Waals surface area (Å²) in [6.07, 6.45) is 3.73. The molecule has 2 aliphatic rings. The fourth-order valence-corrected chi connectivity index (χ4v) is 1.36. The zero-order chi connectivity index (χ0) is 7.90. The van der Waals surface area contributed by atoms with Crippen LogP contribution in [-0.4, -0.2) is 24.8 Å². The van der Waals surface area contributed by atoms with Crippen LogP contribution in [0.1, 0.15) is 13.8 Å². The van der Waals surface area contributed by atoms with Crippen molar-refractivity contribution in [2.75, 3.05) is 6.61 Å². The minimum absolute atomic E-state index is 0.0150. The average Bonchev–Trinajstić information content (AvgIpc) is 2.21. The van der Waals surface area contributed by atoms with Gasteiger partial charge in [-0.25, -0.2) is 0 Å². The third kappa shape index (κ3) is 1.31. The van der Waals surface area contributed by atoms with E-state index >= 15 is 0 Å². The second-order valence-corrected chi connectivity index (χ2v) is 3.23. The molecule has 0 aromatic carbocycles. The van der Waals surface area contributed by atoms with Crippen LogP contribution >= 0.6 is 0 Å². The molecular weight excluding hydrogens is 144 g/mol. The molecule has 0 amide bonds. The van der Waals surface area contributed by atoms with E-state index in [1.54, 1.807) is 0 Å². The standard InChI is InChI=1S/C8H12O3/c1-8(2)10-6-4-3-5-9-7(6)11-8/h3-4,6-7H,5H2,1-2H3. The van der Waals surface area contributed by atoms with Crippen LogP contribution in [0.15, 0.2) is 12.2 Å². The molecule has 62 valence electrons. The molecule has 0 aromatic rings. The van der Waals surface area contributed by atoms with Crippen molar-refractivity contribution in [3.63, 3.8) is 0 Å². The lowest BCUT2D eigenvalue weighted by molar-refractivity contribution is -0.187. The van der Waals surface area contributed by atoms with Gasteiger partial charge >= 0.3 is 0 Å². The van der Waals surface area contributed by atoms with E-state index in [-0.39, 0.29) is 12.4 Å². The Labute approximate surface area is 65.9 Å². The van der Waals surface area contributed by atoms with Crippen LogP contribution in [-0.2, 0) is 14.2 Å². The molecule has 3 heteroatoms. The van der Waals surface area contributed by atoms with Gasteiger partial charge in [0, 0.05) is 0 Å². The molecule has 2 unspecified atom stereocenters. The van der Waals surface area contributed by atoms with Gasteiger partial charge in [0.2, 0.25) is 0 Å². The zero-order valence-corrected chi connectivity index (χ0v) is 6.74. The third-order valence-corrected chi connectivity index (χ3v) is 1.77. The number of fused-ring (bicyclic) bond motifs is 1. The van der Waals surface area contributed by atoms with Gasteiger partial charge in [-0.1, -0.05) is 12.2 Å². The Morgan fingerprint density at radius 1 is 1.36 bits per heavy atom. The Kier molecular flexibility index (Phi) is 1.52. The number of ether oxygens (including phenoxy) is 3. The van der Waals surface area contributed by atoms with Gasteiger partial charge in [0.25, 0.3) is 0 Å². The molecule has 0 saturated carbocycles. The highest BCUT2D eigenvalue weighted by Gasteiger charge is 2.41. The summed E-state index contributed by atoms with van der Waals surface area (Å²) in [5, 5.41) is 0. The van der Waals surface area contributed by atoms with Crippen LogP contribution < -0.4 is 0 Å². The summed E-state index contributed by atoms with van der Waals surface area (Å²) in [5.74, 6) is -0.496. The van der Waals surface area contributed by atoms with Crippen LogP contribution in [0.4, 0.5) is 0 Å². The summed E-state index contributed by atoms with van der Waals surface area (Å²) in [7, 11) is 0. The molecule has 2 atom stereocenters. The summed E-state index contributed by atoms with van der Waals surface area (Å²) in [5.41, 5.74) is 0. The van der Waals surface area contributed by atoms with Crippen molar-refractivity contribution in [1.82, 2.24) is 0 Å². The SMILES string of the molecule is CC1(C)OC2C=CCOC2O1. The van der Waals surface area contributed by atoms with E-state index in [2.05, 4.69) is 0 Å². The normalized spacial score (nSPS) is 40.5. The van der Waals surface area contributed by atoms with Crippen LogP contribution in [0.25, 0.3) is 0 Å². The Morgan fingerprint density at radius 2 is 2.18 bits per heavy atom. The summed E-state index contributed by atoms with van der Waals surface area (Å²) >= 11 is 0. The maximum absolute atomic E-state index is 5.52. The molecule has 2 aliphatic heterocycles. The predicted molar refractivity (Wildman–Crippen MR) is 38.9 cm³/mol. The zero-order valence-electron chi connectivity index (χ0n) is 6.74. The minimum Gasteiger partial charge on any atom is -0.345 e. The molecule has 3 nitrogen and oxygen atoms in total. The van der Waals surface area contributed by atoms with Crippen molar-refractivity contribution in [2.45, 2.75) is 32.0 Å². The van der Waals surface area contributed by atoms with Gasteiger partial charge < -0.3 is 14.2 Å². The highest BCUT2D eigenvalue weighted by atomic mass is 16.8. The lowest BCUT2D eigenvalue weighted by Gasteiger charge is -2.17. The van der Waals surface area contributed by atoms with E-state index in [9.17, 15) is 0 Å². The van der Waals surface area contributed by atoms with Crippen LogP contribution in [0.3, 0.4) is 0 Å². The van der Waals surface area contributed by atoms with Gasteiger partial charge in [-0.3, -0.25) is 0 Å². The third-order valence-electron chi connectivity index (χ3n) is 1.77. The van der Waals surface area contributed by atoms with Gasteiger partial charge in [0.05, 0.1) is 6.61 Å². The second kappa shape index (κ2) is 2.30. The molecule has 0 aromatic heterocycles. The van der Waals surface area contributed by atoms with Crippen LogP contribution in [0.2, 0.25) is 0 Å². The van der Waals surface area contributed by atoms with Gasteiger partial charge in [0.1, 0.15) is 6.10 Å². The maximum atomic E-state index is 5.52. The molecule has 2 heterocycles. The van der Waals surface area contributed by atoms with Gasteiger partial charge in [-0.15, -0.1) is 0 Å². The predicted octanol–water partition coefficient (Wildman–Crippen LogP) is 1.05. The van der Waals surface area contributed by atoms with Gasteiger partial charge in [-0.2, -0.15) is 0 Å². The monoisotopic (exact) mass is 156 g/mol. The van der Waals surface area contributed by atoms with Crippen LogP contribution in [0, 0.1) is 0 Å². The van der Waals surface area contributed by atoms with Crippen molar-refractivity contribution < 1.29 is 14.2 Å². The molecular formula is C8H12O3. The largest absolute Gasteiger partial charge is 0.345 e. The maximum Gasteiger partial charge on any atom is 0.191 e. The van der Waals surface area contributed by atoms with E-state index in [1.165, 1.54) is 0 Å². The van der Waals surface area contributed by atoms with Crippen molar-refractivity contribution in [3.05, 3.63) is 12.2 Å². The molecule has 0 aliphatic carbocycles. The van der Waals surface area contributed by atoms with Gasteiger partial charge in [0.15, 0.2) is 12.1 Å². The fourth-order valence-electron chi connectivity index (χ4n) is 1.36. The number of rotatable bonds is 0.